The molecule has 0 radical (unpaired) electrons. The number of carbonyl (C=O) groups excluding carboxylic acids is 1. The number of esters is 1. The molecule has 2 aromatic carbocycles. The number of fused-ring (bicyclic) bond motifs is 1. The van der Waals surface area contributed by atoms with Gasteiger partial charge in [0.05, 0.1) is 23.3 Å². The number of benzene rings is 2. The van der Waals surface area contributed by atoms with Crippen LogP contribution in [0.4, 0.5) is 0 Å². The molecule has 27 heavy (non-hydrogen) atoms. The van der Waals surface area contributed by atoms with Crippen molar-refractivity contribution >= 4 is 40.8 Å². The second-order valence-corrected chi connectivity index (χ2v) is 7.15. The Kier molecular flexibility index (Phi) is 6.58. The Hall–Kier alpha value is -1.82. The molecule has 2 aromatic rings. The van der Waals surface area contributed by atoms with E-state index in [4.69, 9.17) is 53.8 Å². The smallest absolute Gasteiger partial charge is 0.347 e. The molecule has 1 aliphatic rings. The van der Waals surface area contributed by atoms with Crippen molar-refractivity contribution in [3.8, 4) is 17.2 Å². The van der Waals surface area contributed by atoms with Crippen molar-refractivity contribution in [1.29, 1.82) is 0 Å². The molecule has 3 rings (SSSR count). The number of ether oxygens (including phenoxy) is 4. The molecule has 1 aliphatic heterocycles. The van der Waals surface area contributed by atoms with Gasteiger partial charge < -0.3 is 18.9 Å². The highest BCUT2D eigenvalue weighted by atomic mass is 35.5. The van der Waals surface area contributed by atoms with Gasteiger partial charge in [0.2, 0.25) is 0 Å². The van der Waals surface area contributed by atoms with Gasteiger partial charge >= 0.3 is 5.97 Å². The van der Waals surface area contributed by atoms with Gasteiger partial charge in [0.25, 0.3) is 0 Å². The molecule has 1 atom stereocenters. The maximum atomic E-state index is 12.2. The van der Waals surface area contributed by atoms with Crippen LogP contribution in [0.5, 0.6) is 17.2 Å². The third-order valence-electron chi connectivity index (χ3n) is 3.77. The van der Waals surface area contributed by atoms with Crippen LogP contribution in [0.1, 0.15) is 18.9 Å². The van der Waals surface area contributed by atoms with Gasteiger partial charge in [-0.15, -0.1) is 0 Å². The standard InChI is InChI=1S/C19H17Cl3O5/c1-11(27-16-4-3-13(20)9-14(16)21)19(23)26-10-12-7-15(22)18-17(8-12)24-5-2-6-25-18/h3-4,7-9,11H,2,5-6,10H2,1H3. The zero-order valence-corrected chi connectivity index (χ0v) is 16.7. The molecule has 0 aromatic heterocycles. The molecule has 0 fully saturated rings. The molecule has 8 heteroatoms. The molecule has 0 amide bonds. The minimum Gasteiger partial charge on any atom is -0.489 e. The molecule has 0 saturated heterocycles. The summed E-state index contributed by atoms with van der Waals surface area (Å²) >= 11 is 18.1. The first kappa shape index (κ1) is 19.9. The molecular weight excluding hydrogens is 415 g/mol. The fourth-order valence-electron chi connectivity index (χ4n) is 2.45. The molecule has 144 valence electrons. The second-order valence-electron chi connectivity index (χ2n) is 5.90. The van der Waals surface area contributed by atoms with Gasteiger partial charge in [-0.25, -0.2) is 4.79 Å². The highest BCUT2D eigenvalue weighted by Crippen LogP contribution is 2.38. The second kappa shape index (κ2) is 8.91. The van der Waals surface area contributed by atoms with Crippen molar-refractivity contribution in [2.24, 2.45) is 0 Å². The SMILES string of the molecule is CC(Oc1ccc(Cl)cc1Cl)C(=O)OCc1cc(Cl)c2c(c1)OCCCO2. The van der Waals surface area contributed by atoms with Crippen LogP contribution in [0.3, 0.4) is 0 Å². The van der Waals surface area contributed by atoms with E-state index in [-0.39, 0.29) is 6.61 Å². The van der Waals surface area contributed by atoms with Gasteiger partial charge in [-0.05, 0) is 42.8 Å². The lowest BCUT2D eigenvalue weighted by molar-refractivity contribution is -0.152. The molecule has 0 aliphatic carbocycles. The lowest BCUT2D eigenvalue weighted by atomic mass is 10.2. The van der Waals surface area contributed by atoms with Gasteiger partial charge in [-0.1, -0.05) is 34.8 Å². The summed E-state index contributed by atoms with van der Waals surface area (Å²) in [5, 5.41) is 1.21. The van der Waals surface area contributed by atoms with E-state index in [1.165, 1.54) is 6.07 Å². The molecule has 0 saturated carbocycles. The molecule has 1 unspecified atom stereocenters. The van der Waals surface area contributed by atoms with Crippen LogP contribution in [-0.2, 0) is 16.1 Å². The predicted octanol–water partition coefficient (Wildman–Crippen LogP) is 5.32. The average molecular weight is 432 g/mol. The summed E-state index contributed by atoms with van der Waals surface area (Å²) in [6, 6.07) is 8.19. The largest absolute Gasteiger partial charge is 0.489 e. The van der Waals surface area contributed by atoms with Crippen molar-refractivity contribution < 1.29 is 23.7 Å². The fraction of sp³-hybridized carbons (Fsp3) is 0.316. The summed E-state index contributed by atoms with van der Waals surface area (Å²) in [6.45, 7) is 2.69. The minimum atomic E-state index is -0.848. The van der Waals surface area contributed by atoms with E-state index in [0.29, 0.717) is 51.1 Å². The van der Waals surface area contributed by atoms with E-state index in [1.54, 1.807) is 31.2 Å². The van der Waals surface area contributed by atoms with Crippen LogP contribution >= 0.6 is 34.8 Å². The lowest BCUT2D eigenvalue weighted by Crippen LogP contribution is -2.26. The minimum absolute atomic E-state index is 0.0250. The van der Waals surface area contributed by atoms with Gasteiger partial charge in [0.1, 0.15) is 12.4 Å². The maximum absolute atomic E-state index is 12.2. The number of hydrogen-bond acceptors (Lipinski definition) is 5. The van der Waals surface area contributed by atoms with Gasteiger partial charge in [0.15, 0.2) is 17.6 Å². The quantitative estimate of drug-likeness (QED) is 0.600. The number of hydrogen-bond donors (Lipinski definition) is 0. The van der Waals surface area contributed by atoms with E-state index in [2.05, 4.69) is 0 Å². The topological polar surface area (TPSA) is 54.0 Å². The Bertz CT molecular complexity index is 840. The van der Waals surface area contributed by atoms with Crippen LogP contribution in [0.25, 0.3) is 0 Å². The number of carbonyl (C=O) groups is 1. The van der Waals surface area contributed by atoms with Gasteiger partial charge in [-0.2, -0.15) is 0 Å². The summed E-state index contributed by atoms with van der Waals surface area (Å²) in [7, 11) is 0. The van der Waals surface area contributed by atoms with E-state index >= 15 is 0 Å². The first-order valence-corrected chi connectivity index (χ1v) is 9.44. The normalized spacial score (nSPS) is 14.2. The zero-order valence-electron chi connectivity index (χ0n) is 14.5. The third-order valence-corrected chi connectivity index (χ3v) is 4.58. The van der Waals surface area contributed by atoms with E-state index < -0.39 is 12.1 Å². The average Bonchev–Trinajstić information content (AvgIpc) is 2.87. The molecule has 0 N–H and O–H groups in total. The third kappa shape index (κ3) is 5.12. The summed E-state index contributed by atoms with van der Waals surface area (Å²) in [5.74, 6) is 0.870. The first-order valence-electron chi connectivity index (χ1n) is 8.30. The summed E-state index contributed by atoms with van der Waals surface area (Å²) in [4.78, 5) is 12.2. The summed E-state index contributed by atoms with van der Waals surface area (Å²) in [6.07, 6.45) is -0.0724. The Morgan fingerprint density at radius 3 is 2.67 bits per heavy atom. The summed E-state index contributed by atoms with van der Waals surface area (Å²) < 4.78 is 22.1. The summed E-state index contributed by atoms with van der Waals surface area (Å²) in [5.41, 5.74) is 0.689. The maximum Gasteiger partial charge on any atom is 0.347 e. The first-order chi connectivity index (χ1) is 12.9. The van der Waals surface area contributed by atoms with Crippen molar-refractivity contribution in [3.05, 3.63) is 51.0 Å². The molecule has 0 spiro atoms. The fourth-order valence-corrected chi connectivity index (χ4v) is 3.19. The van der Waals surface area contributed by atoms with Crippen LogP contribution < -0.4 is 14.2 Å². The van der Waals surface area contributed by atoms with Crippen molar-refractivity contribution in [1.82, 2.24) is 0 Å². The van der Waals surface area contributed by atoms with Crippen LogP contribution in [-0.4, -0.2) is 25.3 Å². The number of rotatable bonds is 5. The molecule has 1 heterocycles. The van der Waals surface area contributed by atoms with E-state index in [9.17, 15) is 4.79 Å². The van der Waals surface area contributed by atoms with Crippen molar-refractivity contribution in [2.45, 2.75) is 26.1 Å². The van der Waals surface area contributed by atoms with Crippen molar-refractivity contribution in [3.63, 3.8) is 0 Å². The lowest BCUT2D eigenvalue weighted by Gasteiger charge is -2.16. The molecule has 5 nitrogen and oxygen atoms in total. The highest BCUT2D eigenvalue weighted by Gasteiger charge is 2.20. The predicted molar refractivity (Wildman–Crippen MR) is 103 cm³/mol. The van der Waals surface area contributed by atoms with Crippen LogP contribution in [0.2, 0.25) is 15.1 Å². The van der Waals surface area contributed by atoms with E-state index in [0.717, 1.165) is 6.42 Å². The Labute approximate surface area is 172 Å². The Morgan fingerprint density at radius 1 is 1.11 bits per heavy atom. The molecular formula is C19H17Cl3O5. The highest BCUT2D eigenvalue weighted by molar-refractivity contribution is 6.35. The Morgan fingerprint density at radius 2 is 1.89 bits per heavy atom. The van der Waals surface area contributed by atoms with Gasteiger partial charge in [0, 0.05) is 11.4 Å². The molecule has 0 bridgehead atoms. The van der Waals surface area contributed by atoms with Crippen LogP contribution in [0.15, 0.2) is 30.3 Å². The van der Waals surface area contributed by atoms with E-state index in [1.807, 2.05) is 0 Å². The van der Waals surface area contributed by atoms with Gasteiger partial charge in [-0.3, -0.25) is 0 Å². The zero-order chi connectivity index (χ0) is 19.4. The Balaban J connectivity index is 1.61. The van der Waals surface area contributed by atoms with Crippen LogP contribution in [0, 0.1) is 0 Å². The number of halogens is 3. The monoisotopic (exact) mass is 430 g/mol. The van der Waals surface area contributed by atoms with Crippen molar-refractivity contribution in [2.75, 3.05) is 13.2 Å².